The zero-order valence-corrected chi connectivity index (χ0v) is 14.7. The number of nitrogens with one attached hydrogen (secondary N) is 2. The lowest BCUT2D eigenvalue weighted by molar-refractivity contribution is 0.0856. The molecule has 1 aliphatic heterocycles. The molecule has 0 unspecified atom stereocenters. The highest BCUT2D eigenvalue weighted by atomic mass is 16.6. The Hall–Kier alpha value is -2.38. The largest absolute Gasteiger partial charge is 0.450 e. The molecular formula is C17H25N5O3. The third-order valence-corrected chi connectivity index (χ3v) is 4.36. The predicted octanol–water partition coefficient (Wildman–Crippen LogP) is 1.71. The number of ether oxygens (including phenoxy) is 1. The number of carbonyl (C=O) groups excluding carboxylic acids is 2. The summed E-state index contributed by atoms with van der Waals surface area (Å²) >= 11 is 0. The van der Waals surface area contributed by atoms with Gasteiger partial charge in [-0.05, 0) is 39.5 Å². The average molecular weight is 347 g/mol. The molecule has 25 heavy (non-hydrogen) atoms. The van der Waals surface area contributed by atoms with E-state index in [4.69, 9.17) is 4.74 Å². The molecular weight excluding hydrogens is 322 g/mol. The minimum absolute atomic E-state index is 0.0355. The molecule has 0 spiro atoms. The summed E-state index contributed by atoms with van der Waals surface area (Å²) in [6.07, 6.45) is 3.42. The third kappa shape index (κ3) is 4.80. The Morgan fingerprint density at radius 1 is 1.20 bits per heavy atom. The maximum absolute atomic E-state index is 12.5. The molecule has 8 heteroatoms. The van der Waals surface area contributed by atoms with Crippen LogP contribution in [0.5, 0.6) is 0 Å². The second-order valence-corrected chi connectivity index (χ2v) is 6.54. The van der Waals surface area contributed by atoms with Crippen LogP contribution in [0.3, 0.4) is 0 Å². The van der Waals surface area contributed by atoms with Crippen LogP contribution in [0.25, 0.3) is 0 Å². The Labute approximate surface area is 147 Å². The highest BCUT2D eigenvalue weighted by Gasteiger charge is 2.26. The van der Waals surface area contributed by atoms with E-state index in [0.29, 0.717) is 55.9 Å². The summed E-state index contributed by atoms with van der Waals surface area (Å²) in [5.41, 5.74) is 0.378. The first kappa shape index (κ1) is 17.4. The molecule has 2 fully saturated rings. The molecule has 2 N–H and O–H groups in total. The van der Waals surface area contributed by atoms with E-state index in [-0.39, 0.29) is 18.0 Å². The SMILES string of the molecule is CCOC(=O)N1CCC(NC(=O)c2cc(NC3CC3)nc(C)n2)CC1. The molecule has 2 heterocycles. The van der Waals surface area contributed by atoms with Crippen LogP contribution in [0.4, 0.5) is 10.6 Å². The molecule has 0 aromatic carbocycles. The smallest absolute Gasteiger partial charge is 0.409 e. The Morgan fingerprint density at radius 3 is 2.56 bits per heavy atom. The number of piperidine rings is 1. The normalized spacial score (nSPS) is 17.9. The van der Waals surface area contributed by atoms with Gasteiger partial charge in [0, 0.05) is 31.2 Å². The van der Waals surface area contributed by atoms with Crippen molar-refractivity contribution in [2.45, 2.75) is 51.6 Å². The first-order chi connectivity index (χ1) is 12.0. The number of hydrogen-bond donors (Lipinski definition) is 2. The van der Waals surface area contributed by atoms with E-state index in [1.807, 2.05) is 0 Å². The van der Waals surface area contributed by atoms with Crippen LogP contribution in [0.15, 0.2) is 6.07 Å². The van der Waals surface area contributed by atoms with Crippen LogP contribution in [-0.4, -0.2) is 58.6 Å². The lowest BCUT2D eigenvalue weighted by Gasteiger charge is -2.31. The summed E-state index contributed by atoms with van der Waals surface area (Å²) in [6, 6.07) is 2.21. The number of amides is 2. The van der Waals surface area contributed by atoms with Crippen molar-refractivity contribution < 1.29 is 14.3 Å². The van der Waals surface area contributed by atoms with Gasteiger partial charge >= 0.3 is 6.09 Å². The van der Waals surface area contributed by atoms with Crippen molar-refractivity contribution in [1.29, 1.82) is 0 Å². The molecule has 1 saturated carbocycles. The summed E-state index contributed by atoms with van der Waals surface area (Å²) in [4.78, 5) is 34.5. The first-order valence-corrected chi connectivity index (χ1v) is 8.90. The van der Waals surface area contributed by atoms with Crippen LogP contribution in [0, 0.1) is 6.92 Å². The van der Waals surface area contributed by atoms with Gasteiger partial charge in [-0.25, -0.2) is 14.8 Å². The van der Waals surface area contributed by atoms with Gasteiger partial charge in [0.1, 0.15) is 17.3 Å². The second kappa shape index (κ2) is 7.67. The Balaban J connectivity index is 1.54. The van der Waals surface area contributed by atoms with E-state index >= 15 is 0 Å². The fourth-order valence-electron chi connectivity index (χ4n) is 2.88. The molecule has 2 amide bonds. The number of nitrogens with zero attached hydrogens (tertiary/aromatic N) is 3. The van der Waals surface area contributed by atoms with Crippen molar-refractivity contribution in [3.8, 4) is 0 Å². The van der Waals surface area contributed by atoms with Gasteiger partial charge in [0.05, 0.1) is 6.61 Å². The molecule has 3 rings (SSSR count). The van der Waals surface area contributed by atoms with E-state index in [9.17, 15) is 9.59 Å². The van der Waals surface area contributed by atoms with Crippen LogP contribution >= 0.6 is 0 Å². The molecule has 2 aliphatic rings. The molecule has 1 aromatic rings. The fourth-order valence-corrected chi connectivity index (χ4v) is 2.88. The molecule has 1 aromatic heterocycles. The van der Waals surface area contributed by atoms with Crippen LogP contribution in [-0.2, 0) is 4.74 Å². The van der Waals surface area contributed by atoms with Gasteiger partial charge in [-0.1, -0.05) is 0 Å². The number of rotatable bonds is 5. The van der Waals surface area contributed by atoms with Crippen molar-refractivity contribution in [2.75, 3.05) is 25.0 Å². The molecule has 0 atom stereocenters. The van der Waals surface area contributed by atoms with Crippen molar-refractivity contribution in [3.63, 3.8) is 0 Å². The quantitative estimate of drug-likeness (QED) is 0.842. The molecule has 1 aliphatic carbocycles. The predicted molar refractivity (Wildman–Crippen MR) is 92.5 cm³/mol. The maximum atomic E-state index is 12.5. The average Bonchev–Trinajstić information content (AvgIpc) is 3.39. The lowest BCUT2D eigenvalue weighted by atomic mass is 10.1. The highest BCUT2D eigenvalue weighted by Crippen LogP contribution is 2.24. The van der Waals surface area contributed by atoms with Crippen LogP contribution in [0.1, 0.15) is 48.9 Å². The van der Waals surface area contributed by atoms with Gasteiger partial charge in [0.25, 0.3) is 5.91 Å². The zero-order valence-electron chi connectivity index (χ0n) is 14.7. The number of likely N-dealkylation sites (tertiary alicyclic amines) is 1. The number of hydrogen-bond acceptors (Lipinski definition) is 6. The van der Waals surface area contributed by atoms with E-state index in [2.05, 4.69) is 20.6 Å². The van der Waals surface area contributed by atoms with Gasteiger partial charge < -0.3 is 20.3 Å². The first-order valence-electron chi connectivity index (χ1n) is 8.90. The van der Waals surface area contributed by atoms with Gasteiger partial charge in [-0.3, -0.25) is 4.79 Å². The topological polar surface area (TPSA) is 96.5 Å². The number of aromatic nitrogens is 2. The molecule has 0 bridgehead atoms. The Bertz CT molecular complexity index is 639. The third-order valence-electron chi connectivity index (χ3n) is 4.36. The maximum Gasteiger partial charge on any atom is 0.409 e. The summed E-state index contributed by atoms with van der Waals surface area (Å²) in [6.45, 7) is 5.12. The minimum Gasteiger partial charge on any atom is -0.450 e. The van der Waals surface area contributed by atoms with Gasteiger partial charge in [-0.2, -0.15) is 0 Å². The highest BCUT2D eigenvalue weighted by molar-refractivity contribution is 5.93. The van der Waals surface area contributed by atoms with Crippen molar-refractivity contribution >= 4 is 17.8 Å². The molecule has 1 saturated heterocycles. The molecule has 136 valence electrons. The zero-order chi connectivity index (χ0) is 17.8. The summed E-state index contributed by atoms with van der Waals surface area (Å²) < 4.78 is 5.01. The van der Waals surface area contributed by atoms with Gasteiger partial charge in [0.2, 0.25) is 0 Å². The minimum atomic E-state index is -0.283. The van der Waals surface area contributed by atoms with E-state index in [0.717, 1.165) is 12.8 Å². The Kier molecular flexibility index (Phi) is 5.35. The monoisotopic (exact) mass is 347 g/mol. The van der Waals surface area contributed by atoms with Crippen molar-refractivity contribution in [2.24, 2.45) is 0 Å². The van der Waals surface area contributed by atoms with Crippen LogP contribution in [0.2, 0.25) is 0 Å². The molecule has 0 radical (unpaired) electrons. The lowest BCUT2D eigenvalue weighted by Crippen LogP contribution is -2.46. The Morgan fingerprint density at radius 2 is 1.92 bits per heavy atom. The summed E-state index contributed by atoms with van der Waals surface area (Å²) in [5.74, 6) is 1.09. The number of anilines is 1. The van der Waals surface area contributed by atoms with Crippen LogP contribution < -0.4 is 10.6 Å². The van der Waals surface area contributed by atoms with Gasteiger partial charge in [0.15, 0.2) is 0 Å². The summed E-state index contributed by atoms with van der Waals surface area (Å²) in [7, 11) is 0. The second-order valence-electron chi connectivity index (χ2n) is 6.54. The number of aryl methyl sites for hydroxylation is 1. The summed E-state index contributed by atoms with van der Waals surface area (Å²) in [5, 5.41) is 6.31. The molecule has 8 nitrogen and oxygen atoms in total. The van der Waals surface area contributed by atoms with Crippen molar-refractivity contribution in [1.82, 2.24) is 20.2 Å². The fraction of sp³-hybridized carbons (Fsp3) is 0.647. The van der Waals surface area contributed by atoms with E-state index in [1.54, 1.807) is 24.8 Å². The standard InChI is InChI=1S/C17H25N5O3/c1-3-25-17(24)22-8-6-13(7-9-22)21-16(23)14-10-15(19-11(2)18-14)20-12-4-5-12/h10,12-13H,3-9H2,1-2H3,(H,21,23)(H,18,19,20). The van der Waals surface area contributed by atoms with E-state index in [1.165, 1.54) is 0 Å². The number of carbonyl (C=O) groups is 2. The van der Waals surface area contributed by atoms with Crippen molar-refractivity contribution in [3.05, 3.63) is 17.6 Å². The van der Waals surface area contributed by atoms with Gasteiger partial charge in [-0.15, -0.1) is 0 Å². The van der Waals surface area contributed by atoms with E-state index < -0.39 is 0 Å².